The second-order valence-corrected chi connectivity index (χ2v) is 7.56. The molecule has 0 aliphatic carbocycles. The summed E-state index contributed by atoms with van der Waals surface area (Å²) in [6.45, 7) is 3.43. The number of carbonyl (C=O) groups is 2. The second kappa shape index (κ2) is 8.50. The number of piperidine rings is 1. The minimum absolute atomic E-state index is 0.235. The van der Waals surface area contributed by atoms with Gasteiger partial charge in [-0.25, -0.2) is 4.79 Å². The molecule has 1 unspecified atom stereocenters. The van der Waals surface area contributed by atoms with Crippen molar-refractivity contribution in [3.05, 3.63) is 36.5 Å². The number of carbonyl (C=O) groups excluding carboxylic acids is 1. The maximum Gasteiger partial charge on any atom is 0.490 e. The lowest BCUT2D eigenvalue weighted by molar-refractivity contribution is -0.192. The molecule has 4 heterocycles. The Balaban J connectivity index is 0.000000318. The van der Waals surface area contributed by atoms with Gasteiger partial charge in [-0.15, -0.1) is 0 Å². The summed E-state index contributed by atoms with van der Waals surface area (Å²) >= 11 is 0. The summed E-state index contributed by atoms with van der Waals surface area (Å²) in [6, 6.07) is 3.92. The quantitative estimate of drug-likeness (QED) is 0.808. The molecule has 2 saturated heterocycles. The number of furan rings is 1. The number of hydrogen-bond donors (Lipinski definition) is 1. The van der Waals surface area contributed by atoms with Crippen molar-refractivity contribution in [1.29, 1.82) is 0 Å². The molecule has 30 heavy (non-hydrogen) atoms. The molecule has 164 valence electrons. The summed E-state index contributed by atoms with van der Waals surface area (Å²) in [6.07, 6.45) is 3.29. The van der Waals surface area contributed by atoms with Gasteiger partial charge >= 0.3 is 12.1 Å². The van der Waals surface area contributed by atoms with Crippen LogP contribution in [0.5, 0.6) is 0 Å². The van der Waals surface area contributed by atoms with Gasteiger partial charge in [-0.1, -0.05) is 0 Å². The van der Waals surface area contributed by atoms with Gasteiger partial charge in [-0.2, -0.15) is 18.3 Å². The molecule has 8 nitrogen and oxygen atoms in total. The van der Waals surface area contributed by atoms with Crippen LogP contribution < -0.4 is 4.90 Å². The lowest BCUT2D eigenvalue weighted by Gasteiger charge is -2.38. The zero-order valence-electron chi connectivity index (χ0n) is 16.4. The number of rotatable bonds is 3. The third kappa shape index (κ3) is 4.84. The Kier molecular flexibility index (Phi) is 6.20. The maximum atomic E-state index is 13.1. The van der Waals surface area contributed by atoms with Crippen molar-refractivity contribution in [2.75, 3.05) is 24.5 Å². The molecule has 0 aromatic carbocycles. The summed E-state index contributed by atoms with van der Waals surface area (Å²) in [5.74, 6) is -1.53. The van der Waals surface area contributed by atoms with Crippen LogP contribution in [0.4, 0.5) is 18.9 Å². The van der Waals surface area contributed by atoms with E-state index in [0.717, 1.165) is 56.9 Å². The fourth-order valence-electron chi connectivity index (χ4n) is 3.98. The molecule has 4 rings (SSSR count). The smallest absolute Gasteiger partial charge is 0.475 e. The van der Waals surface area contributed by atoms with Crippen molar-refractivity contribution >= 4 is 17.6 Å². The molecular weight excluding hydrogens is 405 g/mol. The van der Waals surface area contributed by atoms with Gasteiger partial charge in [-0.05, 0) is 37.9 Å². The molecule has 1 atom stereocenters. The monoisotopic (exact) mass is 428 g/mol. The van der Waals surface area contributed by atoms with Crippen molar-refractivity contribution in [2.45, 2.75) is 32.0 Å². The Morgan fingerprint density at radius 3 is 2.63 bits per heavy atom. The predicted octanol–water partition coefficient (Wildman–Crippen LogP) is 2.67. The summed E-state index contributed by atoms with van der Waals surface area (Å²) in [7, 11) is 1.88. The fourth-order valence-corrected chi connectivity index (χ4v) is 3.98. The van der Waals surface area contributed by atoms with Gasteiger partial charge < -0.3 is 14.4 Å². The molecule has 2 aromatic rings. The number of halogens is 3. The number of nitrogens with zero attached hydrogens (tertiary/aromatic N) is 4. The Labute approximate surface area is 170 Å². The van der Waals surface area contributed by atoms with E-state index in [4.69, 9.17) is 14.3 Å². The van der Waals surface area contributed by atoms with Crippen LogP contribution in [0.3, 0.4) is 0 Å². The average Bonchev–Trinajstić information content (AvgIpc) is 3.39. The standard InChI is InChI=1S/C17H22N4O2.C2HF3O2/c1-19-11-14(10-18-19)21-8-6-17(16(21)22)5-3-7-20(13-17)12-15-4-2-9-23-15;3-2(4,5)1(6)7/h2,4,9-11H,3,5-8,12-13H2,1H3;(H,6,7). The van der Waals surface area contributed by atoms with E-state index in [-0.39, 0.29) is 11.3 Å². The molecule has 1 spiro atoms. The van der Waals surface area contributed by atoms with Gasteiger partial charge in [0.15, 0.2) is 0 Å². The van der Waals surface area contributed by atoms with Crippen LogP contribution in [-0.4, -0.2) is 57.5 Å². The number of carboxylic acids is 1. The van der Waals surface area contributed by atoms with Crippen LogP contribution in [0.15, 0.2) is 35.2 Å². The number of aliphatic carboxylic acids is 1. The van der Waals surface area contributed by atoms with Crippen LogP contribution in [-0.2, 0) is 23.2 Å². The van der Waals surface area contributed by atoms with Crippen LogP contribution >= 0.6 is 0 Å². The van der Waals surface area contributed by atoms with Gasteiger partial charge in [0.25, 0.3) is 0 Å². The second-order valence-electron chi connectivity index (χ2n) is 7.56. The minimum atomic E-state index is -5.08. The van der Waals surface area contributed by atoms with Gasteiger partial charge in [0.1, 0.15) is 5.76 Å². The van der Waals surface area contributed by atoms with Crippen LogP contribution in [0.1, 0.15) is 25.0 Å². The molecule has 0 radical (unpaired) electrons. The average molecular weight is 428 g/mol. The summed E-state index contributed by atoms with van der Waals surface area (Å²) in [4.78, 5) is 26.2. The van der Waals surface area contributed by atoms with Crippen molar-refractivity contribution in [3.63, 3.8) is 0 Å². The number of aryl methyl sites for hydroxylation is 1. The molecule has 2 aromatic heterocycles. The maximum absolute atomic E-state index is 13.1. The Morgan fingerprint density at radius 2 is 2.07 bits per heavy atom. The Bertz CT molecular complexity index is 881. The topological polar surface area (TPSA) is 91.8 Å². The van der Waals surface area contributed by atoms with Crippen molar-refractivity contribution in [2.24, 2.45) is 12.5 Å². The highest BCUT2D eigenvalue weighted by Crippen LogP contribution is 2.42. The molecule has 0 bridgehead atoms. The molecule has 1 amide bonds. The van der Waals surface area contributed by atoms with Crippen molar-refractivity contribution in [3.8, 4) is 0 Å². The third-order valence-corrected chi connectivity index (χ3v) is 5.37. The number of amides is 1. The minimum Gasteiger partial charge on any atom is -0.475 e. The zero-order valence-corrected chi connectivity index (χ0v) is 16.4. The van der Waals surface area contributed by atoms with Crippen LogP contribution in [0, 0.1) is 5.41 Å². The Morgan fingerprint density at radius 1 is 1.33 bits per heavy atom. The number of hydrogen-bond acceptors (Lipinski definition) is 5. The van der Waals surface area contributed by atoms with Crippen molar-refractivity contribution < 1.29 is 32.3 Å². The van der Waals surface area contributed by atoms with Gasteiger partial charge in [0.2, 0.25) is 5.91 Å². The summed E-state index contributed by atoms with van der Waals surface area (Å²) in [5.41, 5.74) is 0.679. The highest BCUT2D eigenvalue weighted by Gasteiger charge is 2.49. The number of carboxylic acid groups (broad SMARTS) is 1. The summed E-state index contributed by atoms with van der Waals surface area (Å²) < 4.78 is 38.9. The fraction of sp³-hybridized carbons (Fsp3) is 0.526. The van der Waals surface area contributed by atoms with Gasteiger partial charge in [0, 0.05) is 26.3 Å². The van der Waals surface area contributed by atoms with E-state index < -0.39 is 12.1 Å². The van der Waals surface area contributed by atoms with Gasteiger partial charge in [0.05, 0.1) is 30.1 Å². The first-order chi connectivity index (χ1) is 14.1. The number of likely N-dealkylation sites (tertiary alicyclic amines) is 1. The molecule has 2 aliphatic rings. The predicted molar refractivity (Wildman–Crippen MR) is 99.5 cm³/mol. The van der Waals surface area contributed by atoms with E-state index in [1.54, 1.807) is 17.1 Å². The molecule has 2 fully saturated rings. The third-order valence-electron chi connectivity index (χ3n) is 5.37. The lowest BCUT2D eigenvalue weighted by atomic mass is 9.78. The number of aromatic nitrogens is 2. The largest absolute Gasteiger partial charge is 0.490 e. The molecule has 2 aliphatic heterocycles. The normalized spacial score (nSPS) is 22.3. The van der Waals surface area contributed by atoms with Crippen LogP contribution in [0.25, 0.3) is 0 Å². The first kappa shape index (κ1) is 21.9. The number of alkyl halides is 3. The van der Waals surface area contributed by atoms with E-state index in [1.165, 1.54) is 0 Å². The number of anilines is 1. The SMILES string of the molecule is Cn1cc(N2CCC3(CCCN(Cc4ccco4)C3)C2=O)cn1.O=C(O)C(F)(F)F. The molecule has 1 N–H and O–H groups in total. The summed E-state index contributed by atoms with van der Waals surface area (Å²) in [5, 5.41) is 11.3. The van der Waals surface area contributed by atoms with E-state index in [1.807, 2.05) is 30.3 Å². The highest BCUT2D eigenvalue weighted by molar-refractivity contribution is 6.00. The van der Waals surface area contributed by atoms with E-state index in [0.29, 0.717) is 0 Å². The zero-order chi connectivity index (χ0) is 21.9. The van der Waals surface area contributed by atoms with Gasteiger partial charge in [-0.3, -0.25) is 14.4 Å². The molecule has 0 saturated carbocycles. The van der Waals surface area contributed by atoms with E-state index >= 15 is 0 Å². The highest BCUT2D eigenvalue weighted by atomic mass is 19.4. The van der Waals surface area contributed by atoms with Crippen LogP contribution in [0.2, 0.25) is 0 Å². The Hall–Kier alpha value is -2.82. The van der Waals surface area contributed by atoms with E-state index in [2.05, 4.69) is 10.00 Å². The lowest BCUT2D eigenvalue weighted by Crippen LogP contribution is -2.47. The van der Waals surface area contributed by atoms with Crippen molar-refractivity contribution in [1.82, 2.24) is 14.7 Å². The first-order valence-electron chi connectivity index (χ1n) is 9.46. The first-order valence-corrected chi connectivity index (χ1v) is 9.46. The van der Waals surface area contributed by atoms with E-state index in [9.17, 15) is 18.0 Å². The molecule has 11 heteroatoms. The molecular formula is C19H23F3N4O4.